The lowest BCUT2D eigenvalue weighted by atomic mass is 10.1. The van der Waals surface area contributed by atoms with E-state index in [1.54, 1.807) is 18.1 Å². The summed E-state index contributed by atoms with van der Waals surface area (Å²) in [6, 6.07) is 12.7. The van der Waals surface area contributed by atoms with Gasteiger partial charge in [0.25, 0.3) is 0 Å². The molecule has 22 heavy (non-hydrogen) atoms. The van der Waals surface area contributed by atoms with Crippen LogP contribution in [0.2, 0.25) is 0 Å². The Balaban J connectivity index is 1.69. The highest BCUT2D eigenvalue weighted by atomic mass is 19.1. The predicted molar refractivity (Wildman–Crippen MR) is 83.8 cm³/mol. The number of aryl methyl sites for hydroxylation is 1. The molecule has 0 saturated heterocycles. The van der Waals surface area contributed by atoms with E-state index in [1.807, 2.05) is 30.3 Å². The number of methoxy groups -OCH3 is 1. The topological polar surface area (TPSA) is 29.5 Å². The largest absolute Gasteiger partial charge is 0.497 e. The highest BCUT2D eigenvalue weighted by Gasteiger charge is 2.27. The molecule has 0 fully saturated rings. The minimum atomic E-state index is -0.315. The molecule has 2 aromatic rings. The Hall–Kier alpha value is -2.36. The van der Waals surface area contributed by atoms with Gasteiger partial charge in [0, 0.05) is 13.0 Å². The highest BCUT2D eigenvalue weighted by molar-refractivity contribution is 5.95. The van der Waals surface area contributed by atoms with Crippen LogP contribution < -0.4 is 9.64 Å². The molecule has 0 saturated carbocycles. The van der Waals surface area contributed by atoms with E-state index in [2.05, 4.69) is 0 Å². The fourth-order valence-electron chi connectivity index (χ4n) is 2.87. The van der Waals surface area contributed by atoms with Crippen LogP contribution in [-0.4, -0.2) is 19.6 Å². The Morgan fingerprint density at radius 3 is 2.91 bits per heavy atom. The van der Waals surface area contributed by atoms with Crippen LogP contribution in [0.3, 0.4) is 0 Å². The SMILES string of the molecule is COc1cccc(CCC(=O)N2CCc3cccc(F)c32)c1. The lowest BCUT2D eigenvalue weighted by molar-refractivity contribution is -0.118. The zero-order valence-electron chi connectivity index (χ0n) is 12.5. The van der Waals surface area contributed by atoms with E-state index in [0.29, 0.717) is 25.1 Å². The number of amides is 1. The molecule has 3 nitrogen and oxygen atoms in total. The monoisotopic (exact) mass is 299 g/mol. The van der Waals surface area contributed by atoms with Crippen molar-refractivity contribution in [2.24, 2.45) is 0 Å². The van der Waals surface area contributed by atoms with Crippen molar-refractivity contribution in [1.82, 2.24) is 0 Å². The van der Waals surface area contributed by atoms with Gasteiger partial charge in [0.05, 0.1) is 12.8 Å². The van der Waals surface area contributed by atoms with Gasteiger partial charge in [-0.25, -0.2) is 4.39 Å². The van der Waals surface area contributed by atoms with Crippen LogP contribution in [-0.2, 0) is 17.6 Å². The molecule has 0 N–H and O–H groups in total. The summed E-state index contributed by atoms with van der Waals surface area (Å²) >= 11 is 0. The van der Waals surface area contributed by atoms with Crippen molar-refractivity contribution in [2.75, 3.05) is 18.6 Å². The number of para-hydroxylation sites is 1. The van der Waals surface area contributed by atoms with Crippen LogP contribution in [0, 0.1) is 5.82 Å². The molecule has 4 heteroatoms. The summed E-state index contributed by atoms with van der Waals surface area (Å²) in [6.45, 7) is 0.563. The van der Waals surface area contributed by atoms with E-state index in [-0.39, 0.29) is 11.7 Å². The third-order valence-corrected chi connectivity index (χ3v) is 4.01. The lowest BCUT2D eigenvalue weighted by Crippen LogP contribution is -2.29. The Labute approximate surface area is 129 Å². The van der Waals surface area contributed by atoms with Crippen LogP contribution in [0.15, 0.2) is 42.5 Å². The molecule has 0 spiro atoms. The first-order chi connectivity index (χ1) is 10.7. The number of hydrogen-bond donors (Lipinski definition) is 0. The predicted octanol–water partition coefficient (Wildman–Crippen LogP) is 3.36. The maximum Gasteiger partial charge on any atom is 0.227 e. The Morgan fingerprint density at radius 1 is 1.27 bits per heavy atom. The third-order valence-electron chi connectivity index (χ3n) is 4.01. The van der Waals surface area contributed by atoms with Crippen molar-refractivity contribution in [2.45, 2.75) is 19.3 Å². The van der Waals surface area contributed by atoms with Gasteiger partial charge in [-0.2, -0.15) is 0 Å². The highest BCUT2D eigenvalue weighted by Crippen LogP contribution is 2.31. The number of rotatable bonds is 4. The second kappa shape index (κ2) is 6.18. The van der Waals surface area contributed by atoms with Gasteiger partial charge in [0.15, 0.2) is 0 Å². The fourth-order valence-corrected chi connectivity index (χ4v) is 2.87. The first kappa shape index (κ1) is 14.6. The van der Waals surface area contributed by atoms with Crippen LogP contribution >= 0.6 is 0 Å². The molecule has 1 aliphatic heterocycles. The Bertz CT molecular complexity index is 699. The van der Waals surface area contributed by atoms with Gasteiger partial charge in [-0.1, -0.05) is 24.3 Å². The van der Waals surface area contributed by atoms with Crippen LogP contribution in [0.1, 0.15) is 17.5 Å². The van der Waals surface area contributed by atoms with E-state index in [0.717, 1.165) is 23.3 Å². The minimum Gasteiger partial charge on any atom is -0.497 e. The minimum absolute atomic E-state index is 0.0355. The molecule has 1 aliphatic rings. The van der Waals surface area contributed by atoms with Crippen molar-refractivity contribution >= 4 is 11.6 Å². The van der Waals surface area contributed by atoms with Crippen LogP contribution in [0.25, 0.3) is 0 Å². The Morgan fingerprint density at radius 2 is 2.09 bits per heavy atom. The average molecular weight is 299 g/mol. The van der Waals surface area contributed by atoms with Crippen LogP contribution in [0.5, 0.6) is 5.75 Å². The van der Waals surface area contributed by atoms with E-state index in [9.17, 15) is 9.18 Å². The van der Waals surface area contributed by atoms with Crippen molar-refractivity contribution in [1.29, 1.82) is 0 Å². The fraction of sp³-hybridized carbons (Fsp3) is 0.278. The second-order valence-corrected chi connectivity index (χ2v) is 5.39. The van der Waals surface area contributed by atoms with Crippen molar-refractivity contribution in [3.05, 3.63) is 59.4 Å². The molecule has 1 heterocycles. The number of benzene rings is 2. The smallest absolute Gasteiger partial charge is 0.227 e. The summed E-state index contributed by atoms with van der Waals surface area (Å²) in [6.07, 6.45) is 1.70. The molecule has 0 atom stereocenters. The van der Waals surface area contributed by atoms with Gasteiger partial charge in [-0.3, -0.25) is 4.79 Å². The molecule has 0 unspecified atom stereocenters. The van der Waals surface area contributed by atoms with E-state index in [4.69, 9.17) is 4.74 Å². The summed E-state index contributed by atoms with van der Waals surface area (Å²) in [5, 5.41) is 0. The first-order valence-electron chi connectivity index (χ1n) is 7.39. The molecule has 3 rings (SSSR count). The maximum absolute atomic E-state index is 14.0. The standard InChI is InChI=1S/C18H18FNO2/c1-22-15-6-2-4-13(12-15)8-9-17(21)20-11-10-14-5-3-7-16(19)18(14)20/h2-7,12H,8-11H2,1H3. The van der Waals surface area contributed by atoms with Crippen molar-refractivity contribution < 1.29 is 13.9 Å². The molecule has 0 aliphatic carbocycles. The van der Waals surface area contributed by atoms with Gasteiger partial charge < -0.3 is 9.64 Å². The summed E-state index contributed by atoms with van der Waals surface area (Å²) in [5.74, 6) is 0.430. The van der Waals surface area contributed by atoms with Gasteiger partial charge >= 0.3 is 0 Å². The number of anilines is 1. The number of carbonyl (C=O) groups excluding carboxylic acids is 1. The number of fused-ring (bicyclic) bond motifs is 1. The number of ether oxygens (including phenoxy) is 1. The number of halogens is 1. The molecule has 0 aromatic heterocycles. The molecular weight excluding hydrogens is 281 g/mol. The molecule has 1 amide bonds. The summed E-state index contributed by atoms with van der Waals surface area (Å²) in [5.41, 5.74) is 2.41. The summed E-state index contributed by atoms with van der Waals surface area (Å²) in [7, 11) is 1.62. The maximum atomic E-state index is 14.0. The quantitative estimate of drug-likeness (QED) is 0.866. The van der Waals surface area contributed by atoms with Gasteiger partial charge in [0.1, 0.15) is 11.6 Å². The van der Waals surface area contributed by atoms with E-state index < -0.39 is 0 Å². The number of hydrogen-bond acceptors (Lipinski definition) is 2. The first-order valence-corrected chi connectivity index (χ1v) is 7.39. The average Bonchev–Trinajstić information content (AvgIpc) is 2.98. The lowest BCUT2D eigenvalue weighted by Gasteiger charge is -2.18. The molecular formula is C18H18FNO2. The Kier molecular flexibility index (Phi) is 4.09. The summed E-state index contributed by atoms with van der Waals surface area (Å²) in [4.78, 5) is 14.0. The third kappa shape index (κ3) is 2.82. The summed E-state index contributed by atoms with van der Waals surface area (Å²) < 4.78 is 19.1. The zero-order chi connectivity index (χ0) is 15.5. The van der Waals surface area contributed by atoms with Crippen molar-refractivity contribution in [3.8, 4) is 5.75 Å². The number of carbonyl (C=O) groups is 1. The van der Waals surface area contributed by atoms with E-state index in [1.165, 1.54) is 6.07 Å². The molecule has 2 aromatic carbocycles. The second-order valence-electron chi connectivity index (χ2n) is 5.39. The van der Waals surface area contributed by atoms with Gasteiger partial charge in [-0.05, 0) is 42.2 Å². The number of nitrogens with zero attached hydrogens (tertiary/aromatic N) is 1. The van der Waals surface area contributed by atoms with Crippen molar-refractivity contribution in [3.63, 3.8) is 0 Å². The zero-order valence-corrected chi connectivity index (χ0v) is 12.5. The van der Waals surface area contributed by atoms with Crippen LogP contribution in [0.4, 0.5) is 10.1 Å². The normalized spacial score (nSPS) is 13.1. The van der Waals surface area contributed by atoms with Gasteiger partial charge in [-0.15, -0.1) is 0 Å². The molecule has 0 bridgehead atoms. The van der Waals surface area contributed by atoms with E-state index >= 15 is 0 Å². The van der Waals surface area contributed by atoms with Gasteiger partial charge in [0.2, 0.25) is 5.91 Å². The molecule has 0 radical (unpaired) electrons. The molecule has 114 valence electrons.